The number of rotatable bonds is 7. The largest absolute Gasteiger partial charge is 0.481 e. The Bertz CT molecular complexity index is 452. The van der Waals surface area contributed by atoms with Crippen molar-refractivity contribution < 1.29 is 14.7 Å². The molecule has 0 aliphatic carbocycles. The van der Waals surface area contributed by atoms with E-state index in [4.69, 9.17) is 0 Å². The Morgan fingerprint density at radius 1 is 1.15 bits per heavy atom. The van der Waals surface area contributed by atoms with Crippen LogP contribution in [0.25, 0.3) is 0 Å². The summed E-state index contributed by atoms with van der Waals surface area (Å²) in [6, 6.07) is 9.68. The molecule has 0 radical (unpaired) electrons. The zero-order valence-electron chi connectivity index (χ0n) is 12.4. The minimum absolute atomic E-state index is 0.0542. The van der Waals surface area contributed by atoms with E-state index in [0.717, 1.165) is 5.56 Å². The maximum Gasteiger partial charge on any atom is 0.310 e. The van der Waals surface area contributed by atoms with Crippen molar-refractivity contribution in [3.05, 3.63) is 35.9 Å². The number of carboxylic acid groups (broad SMARTS) is 1. The van der Waals surface area contributed by atoms with Crippen LogP contribution in [0.1, 0.15) is 38.7 Å². The molecule has 0 aliphatic heterocycles. The van der Waals surface area contributed by atoms with E-state index in [9.17, 15) is 14.7 Å². The molecule has 0 saturated heterocycles. The monoisotopic (exact) mass is 277 g/mol. The third-order valence-corrected chi connectivity index (χ3v) is 3.99. The Labute approximate surface area is 120 Å². The number of nitrogens with zero attached hydrogens (tertiary/aromatic N) is 1. The molecule has 0 atom stereocenters. The van der Waals surface area contributed by atoms with Gasteiger partial charge in [0.1, 0.15) is 0 Å². The van der Waals surface area contributed by atoms with Gasteiger partial charge in [-0.2, -0.15) is 0 Å². The molecule has 0 heterocycles. The van der Waals surface area contributed by atoms with Crippen LogP contribution in [0.5, 0.6) is 0 Å². The molecule has 0 unspecified atom stereocenters. The fourth-order valence-electron chi connectivity index (χ4n) is 2.25. The fourth-order valence-corrected chi connectivity index (χ4v) is 2.25. The molecule has 1 N–H and O–H groups in total. The summed E-state index contributed by atoms with van der Waals surface area (Å²) < 4.78 is 0. The van der Waals surface area contributed by atoms with Crippen molar-refractivity contribution >= 4 is 11.9 Å². The number of hydrogen-bond acceptors (Lipinski definition) is 2. The summed E-state index contributed by atoms with van der Waals surface area (Å²) in [4.78, 5) is 25.3. The van der Waals surface area contributed by atoms with Gasteiger partial charge < -0.3 is 10.0 Å². The van der Waals surface area contributed by atoms with E-state index in [2.05, 4.69) is 0 Å². The third kappa shape index (κ3) is 3.83. The van der Waals surface area contributed by atoms with Crippen molar-refractivity contribution in [1.29, 1.82) is 0 Å². The summed E-state index contributed by atoms with van der Waals surface area (Å²) >= 11 is 0. The normalized spacial score (nSPS) is 11.2. The molecule has 1 aromatic rings. The second kappa shape index (κ2) is 7.08. The van der Waals surface area contributed by atoms with Gasteiger partial charge in [0, 0.05) is 20.0 Å². The van der Waals surface area contributed by atoms with Crippen LogP contribution in [-0.2, 0) is 16.1 Å². The molecule has 4 heteroatoms. The van der Waals surface area contributed by atoms with Gasteiger partial charge in [0.05, 0.1) is 5.41 Å². The van der Waals surface area contributed by atoms with Crippen molar-refractivity contribution in [1.82, 2.24) is 4.90 Å². The Kier molecular flexibility index (Phi) is 5.74. The molecular formula is C16H23NO3. The minimum atomic E-state index is -0.942. The number of hydrogen-bond donors (Lipinski definition) is 1. The summed E-state index contributed by atoms with van der Waals surface area (Å²) in [5.74, 6) is -1.01. The smallest absolute Gasteiger partial charge is 0.310 e. The Hall–Kier alpha value is -1.84. The molecule has 1 aromatic carbocycles. The van der Waals surface area contributed by atoms with Crippen molar-refractivity contribution in [3.63, 3.8) is 0 Å². The number of benzene rings is 1. The number of amides is 1. The van der Waals surface area contributed by atoms with Crippen LogP contribution in [0, 0.1) is 5.41 Å². The zero-order chi connectivity index (χ0) is 15.2. The lowest BCUT2D eigenvalue weighted by Gasteiger charge is -2.28. The van der Waals surface area contributed by atoms with Gasteiger partial charge in [-0.05, 0) is 18.4 Å². The second-order valence-electron chi connectivity index (χ2n) is 5.20. The lowest BCUT2D eigenvalue weighted by Crippen LogP contribution is -2.37. The lowest BCUT2D eigenvalue weighted by molar-refractivity contribution is -0.154. The minimum Gasteiger partial charge on any atom is -0.481 e. The number of carboxylic acids is 1. The third-order valence-electron chi connectivity index (χ3n) is 3.99. The van der Waals surface area contributed by atoms with E-state index in [1.807, 2.05) is 44.2 Å². The maximum absolute atomic E-state index is 12.2. The quantitative estimate of drug-likeness (QED) is 0.833. The van der Waals surface area contributed by atoms with Gasteiger partial charge in [-0.25, -0.2) is 0 Å². The molecule has 0 saturated carbocycles. The number of carbonyl (C=O) groups excluding carboxylic acids is 1. The molecule has 0 aliphatic rings. The van der Waals surface area contributed by atoms with Crippen molar-refractivity contribution in [2.24, 2.45) is 5.41 Å². The highest BCUT2D eigenvalue weighted by Crippen LogP contribution is 2.31. The highest BCUT2D eigenvalue weighted by Gasteiger charge is 2.37. The van der Waals surface area contributed by atoms with Gasteiger partial charge in [0.2, 0.25) is 5.91 Å². The maximum atomic E-state index is 12.2. The summed E-state index contributed by atoms with van der Waals surface area (Å²) in [5.41, 5.74) is 0.0967. The van der Waals surface area contributed by atoms with Gasteiger partial charge in [0.25, 0.3) is 0 Å². The summed E-state index contributed by atoms with van der Waals surface area (Å²) in [6.45, 7) is 4.15. The first kappa shape index (κ1) is 16.2. The summed E-state index contributed by atoms with van der Waals surface area (Å²) in [6.07, 6.45) is 0.978. The van der Waals surface area contributed by atoms with E-state index >= 15 is 0 Å². The second-order valence-corrected chi connectivity index (χ2v) is 5.20. The van der Waals surface area contributed by atoms with Crippen LogP contribution in [0.15, 0.2) is 30.3 Å². The molecule has 20 heavy (non-hydrogen) atoms. The molecule has 0 bridgehead atoms. The topological polar surface area (TPSA) is 57.6 Å². The number of aliphatic carboxylic acids is 1. The average Bonchev–Trinajstić information content (AvgIpc) is 2.45. The highest BCUT2D eigenvalue weighted by molar-refractivity contribution is 5.84. The van der Waals surface area contributed by atoms with Crippen LogP contribution in [0.3, 0.4) is 0 Å². The SMILES string of the molecule is CCC(CC)(CC(=O)N(C)Cc1ccccc1)C(=O)O. The summed E-state index contributed by atoms with van der Waals surface area (Å²) in [7, 11) is 1.72. The molecule has 0 aromatic heterocycles. The van der Waals surface area contributed by atoms with Gasteiger partial charge in [0.15, 0.2) is 0 Å². The Morgan fingerprint density at radius 2 is 1.70 bits per heavy atom. The predicted octanol–water partition coefficient (Wildman–Crippen LogP) is 2.93. The van der Waals surface area contributed by atoms with E-state index in [0.29, 0.717) is 19.4 Å². The average molecular weight is 277 g/mol. The lowest BCUT2D eigenvalue weighted by atomic mass is 9.79. The Morgan fingerprint density at radius 3 is 2.15 bits per heavy atom. The standard InChI is InChI=1S/C16H23NO3/c1-4-16(5-2,15(19)20)11-14(18)17(3)12-13-9-7-6-8-10-13/h6-10H,4-5,11-12H2,1-3H3,(H,19,20). The molecule has 1 rings (SSSR count). The van der Waals surface area contributed by atoms with Gasteiger partial charge in [-0.3, -0.25) is 9.59 Å². The van der Waals surface area contributed by atoms with Crippen molar-refractivity contribution in [2.45, 2.75) is 39.7 Å². The van der Waals surface area contributed by atoms with E-state index < -0.39 is 11.4 Å². The fraction of sp³-hybridized carbons (Fsp3) is 0.500. The van der Waals surface area contributed by atoms with Gasteiger partial charge in [-0.15, -0.1) is 0 Å². The van der Waals surface area contributed by atoms with E-state index in [1.165, 1.54) is 0 Å². The molecule has 1 amide bonds. The highest BCUT2D eigenvalue weighted by atomic mass is 16.4. The van der Waals surface area contributed by atoms with Crippen molar-refractivity contribution in [2.75, 3.05) is 7.05 Å². The molecule has 0 fully saturated rings. The van der Waals surface area contributed by atoms with Gasteiger partial charge in [-0.1, -0.05) is 44.2 Å². The molecule has 0 spiro atoms. The van der Waals surface area contributed by atoms with Crippen LogP contribution in [-0.4, -0.2) is 28.9 Å². The summed E-state index contributed by atoms with van der Waals surface area (Å²) in [5, 5.41) is 9.37. The molecule has 110 valence electrons. The van der Waals surface area contributed by atoms with Crippen LogP contribution in [0.2, 0.25) is 0 Å². The zero-order valence-corrected chi connectivity index (χ0v) is 12.4. The van der Waals surface area contributed by atoms with Crippen LogP contribution in [0.4, 0.5) is 0 Å². The first-order valence-electron chi connectivity index (χ1n) is 6.96. The number of carbonyl (C=O) groups is 2. The first-order valence-corrected chi connectivity index (χ1v) is 6.96. The van der Waals surface area contributed by atoms with E-state index in [1.54, 1.807) is 11.9 Å². The van der Waals surface area contributed by atoms with Crippen LogP contribution >= 0.6 is 0 Å². The van der Waals surface area contributed by atoms with E-state index in [-0.39, 0.29) is 12.3 Å². The molecular weight excluding hydrogens is 254 g/mol. The first-order chi connectivity index (χ1) is 9.45. The van der Waals surface area contributed by atoms with Crippen LogP contribution < -0.4 is 0 Å². The predicted molar refractivity (Wildman–Crippen MR) is 78.2 cm³/mol. The van der Waals surface area contributed by atoms with Gasteiger partial charge >= 0.3 is 5.97 Å². The Balaban J connectivity index is 2.72. The van der Waals surface area contributed by atoms with Crippen molar-refractivity contribution in [3.8, 4) is 0 Å². The molecule has 4 nitrogen and oxygen atoms in total.